The van der Waals surface area contributed by atoms with Gasteiger partial charge in [-0.25, -0.2) is 0 Å². The fraction of sp³-hybridized carbons (Fsp3) is 0.235. The lowest BCUT2D eigenvalue weighted by Gasteiger charge is -2.17. The molecule has 2 aromatic rings. The lowest BCUT2D eigenvalue weighted by molar-refractivity contribution is 0.0939. The Morgan fingerprint density at radius 2 is 1.80 bits per heavy atom. The maximum Gasteiger partial charge on any atom is 0.252 e. The Morgan fingerprint density at radius 1 is 1.10 bits per heavy atom. The molecule has 1 atom stereocenters. The Balaban J connectivity index is 2.20. The van der Waals surface area contributed by atoms with Crippen molar-refractivity contribution in [2.75, 3.05) is 5.88 Å². The Labute approximate surface area is 124 Å². The number of carbonyl (C=O) groups excluding carboxylic acids is 1. The van der Waals surface area contributed by atoms with E-state index in [0.717, 1.165) is 16.7 Å². The average molecular weight is 288 g/mol. The van der Waals surface area contributed by atoms with Crippen LogP contribution >= 0.6 is 11.6 Å². The summed E-state index contributed by atoms with van der Waals surface area (Å²) in [5.41, 5.74) is 3.84. The molecule has 2 rings (SSSR count). The predicted octanol–water partition coefficient (Wildman–Crippen LogP) is 4.01. The molecule has 0 aliphatic carbocycles. The third-order valence-electron chi connectivity index (χ3n) is 3.51. The van der Waals surface area contributed by atoms with Gasteiger partial charge in [-0.05, 0) is 36.6 Å². The summed E-state index contributed by atoms with van der Waals surface area (Å²) in [4.78, 5) is 12.4. The van der Waals surface area contributed by atoms with Crippen molar-refractivity contribution in [2.24, 2.45) is 0 Å². The number of halogens is 1. The Bertz CT molecular complexity index is 595. The zero-order valence-electron chi connectivity index (χ0n) is 11.7. The molecule has 1 amide bonds. The topological polar surface area (TPSA) is 29.1 Å². The molecule has 0 saturated heterocycles. The van der Waals surface area contributed by atoms with Crippen LogP contribution in [0.4, 0.5) is 0 Å². The molecule has 104 valence electrons. The lowest BCUT2D eigenvalue weighted by atomic mass is 10.0. The van der Waals surface area contributed by atoms with E-state index in [9.17, 15) is 4.79 Å². The smallest absolute Gasteiger partial charge is 0.252 e. The highest BCUT2D eigenvalue weighted by Gasteiger charge is 2.16. The zero-order chi connectivity index (χ0) is 14.5. The third-order valence-corrected chi connectivity index (χ3v) is 3.82. The average Bonchev–Trinajstić information content (AvgIpc) is 2.48. The van der Waals surface area contributed by atoms with Crippen molar-refractivity contribution in [2.45, 2.75) is 19.9 Å². The minimum absolute atomic E-state index is 0.0827. The standard InChI is InChI=1S/C17H18ClNO/c1-12-7-6-10-15(13(12)2)17(20)19-16(11-18)14-8-4-3-5-9-14/h3-10,16H,11H2,1-2H3,(H,19,20). The zero-order valence-corrected chi connectivity index (χ0v) is 12.4. The fourth-order valence-electron chi connectivity index (χ4n) is 2.13. The van der Waals surface area contributed by atoms with Gasteiger partial charge in [0, 0.05) is 11.4 Å². The van der Waals surface area contributed by atoms with Crippen LogP contribution in [0.25, 0.3) is 0 Å². The van der Waals surface area contributed by atoms with Crippen LogP contribution in [0.3, 0.4) is 0 Å². The maximum atomic E-state index is 12.4. The molecule has 2 aromatic carbocycles. The second-order valence-electron chi connectivity index (χ2n) is 4.84. The molecule has 0 heterocycles. The second-order valence-corrected chi connectivity index (χ2v) is 5.15. The number of rotatable bonds is 4. The van der Waals surface area contributed by atoms with Gasteiger partial charge in [0.2, 0.25) is 0 Å². The van der Waals surface area contributed by atoms with E-state index < -0.39 is 0 Å². The SMILES string of the molecule is Cc1cccc(C(=O)NC(CCl)c2ccccc2)c1C. The number of carbonyl (C=O) groups is 1. The molecular formula is C17H18ClNO. The van der Waals surface area contributed by atoms with E-state index >= 15 is 0 Å². The number of nitrogens with one attached hydrogen (secondary N) is 1. The summed E-state index contributed by atoms with van der Waals surface area (Å²) in [5.74, 6) is 0.265. The van der Waals surface area contributed by atoms with Gasteiger partial charge in [-0.3, -0.25) is 4.79 Å². The summed E-state index contributed by atoms with van der Waals surface area (Å²) in [6.45, 7) is 3.96. The third kappa shape index (κ3) is 3.20. The van der Waals surface area contributed by atoms with Gasteiger partial charge in [0.25, 0.3) is 5.91 Å². The van der Waals surface area contributed by atoms with Crippen molar-refractivity contribution in [3.63, 3.8) is 0 Å². The number of hydrogen-bond donors (Lipinski definition) is 1. The van der Waals surface area contributed by atoms with Crippen LogP contribution in [0.2, 0.25) is 0 Å². The minimum atomic E-state index is -0.176. The largest absolute Gasteiger partial charge is 0.344 e. The normalized spacial score (nSPS) is 11.9. The quantitative estimate of drug-likeness (QED) is 0.846. The molecule has 3 heteroatoms. The van der Waals surface area contributed by atoms with E-state index in [4.69, 9.17) is 11.6 Å². The Morgan fingerprint density at radius 3 is 2.45 bits per heavy atom. The van der Waals surface area contributed by atoms with Gasteiger partial charge in [0.1, 0.15) is 0 Å². The molecular weight excluding hydrogens is 270 g/mol. The molecule has 0 bridgehead atoms. The number of aryl methyl sites for hydroxylation is 1. The van der Waals surface area contributed by atoms with E-state index in [1.54, 1.807) is 0 Å². The molecule has 0 aliphatic rings. The van der Waals surface area contributed by atoms with Gasteiger partial charge >= 0.3 is 0 Å². The first-order valence-electron chi connectivity index (χ1n) is 6.61. The molecule has 1 unspecified atom stereocenters. The summed E-state index contributed by atoms with van der Waals surface area (Å²) < 4.78 is 0. The summed E-state index contributed by atoms with van der Waals surface area (Å²) in [6.07, 6.45) is 0. The molecule has 0 radical (unpaired) electrons. The first-order chi connectivity index (χ1) is 9.63. The van der Waals surface area contributed by atoms with E-state index in [1.807, 2.05) is 62.4 Å². The lowest BCUT2D eigenvalue weighted by Crippen LogP contribution is -2.30. The summed E-state index contributed by atoms with van der Waals surface area (Å²) in [6, 6.07) is 15.3. The summed E-state index contributed by atoms with van der Waals surface area (Å²) in [7, 11) is 0. The number of benzene rings is 2. The number of hydrogen-bond acceptors (Lipinski definition) is 1. The molecule has 0 aromatic heterocycles. The fourth-order valence-corrected chi connectivity index (χ4v) is 2.38. The van der Waals surface area contributed by atoms with E-state index in [-0.39, 0.29) is 11.9 Å². The van der Waals surface area contributed by atoms with E-state index in [0.29, 0.717) is 11.4 Å². The van der Waals surface area contributed by atoms with Crippen molar-refractivity contribution >= 4 is 17.5 Å². The molecule has 0 fully saturated rings. The van der Waals surface area contributed by atoms with Gasteiger partial charge in [-0.15, -0.1) is 11.6 Å². The van der Waals surface area contributed by atoms with E-state index in [2.05, 4.69) is 5.32 Å². The van der Waals surface area contributed by atoms with Crippen molar-refractivity contribution in [3.8, 4) is 0 Å². The first-order valence-corrected chi connectivity index (χ1v) is 7.15. The highest BCUT2D eigenvalue weighted by molar-refractivity contribution is 6.18. The van der Waals surface area contributed by atoms with Gasteiger partial charge in [-0.2, -0.15) is 0 Å². The summed E-state index contributed by atoms with van der Waals surface area (Å²) in [5, 5.41) is 3.00. The molecule has 0 spiro atoms. The van der Waals surface area contributed by atoms with Crippen LogP contribution in [0, 0.1) is 13.8 Å². The van der Waals surface area contributed by atoms with Crippen LogP contribution < -0.4 is 5.32 Å². The van der Waals surface area contributed by atoms with Crippen LogP contribution in [0.1, 0.15) is 33.1 Å². The van der Waals surface area contributed by atoms with Gasteiger partial charge in [0.05, 0.1) is 6.04 Å². The van der Waals surface area contributed by atoms with Crippen molar-refractivity contribution in [1.82, 2.24) is 5.32 Å². The number of alkyl halides is 1. The highest BCUT2D eigenvalue weighted by atomic mass is 35.5. The monoisotopic (exact) mass is 287 g/mol. The van der Waals surface area contributed by atoms with Crippen LogP contribution in [0.5, 0.6) is 0 Å². The van der Waals surface area contributed by atoms with Gasteiger partial charge in [-0.1, -0.05) is 42.5 Å². The maximum absolute atomic E-state index is 12.4. The molecule has 20 heavy (non-hydrogen) atoms. The van der Waals surface area contributed by atoms with Crippen molar-refractivity contribution in [3.05, 3.63) is 70.8 Å². The van der Waals surface area contributed by atoms with Crippen molar-refractivity contribution < 1.29 is 4.79 Å². The van der Waals surface area contributed by atoms with Crippen LogP contribution in [0.15, 0.2) is 48.5 Å². The van der Waals surface area contributed by atoms with Crippen LogP contribution in [-0.4, -0.2) is 11.8 Å². The number of amides is 1. The minimum Gasteiger partial charge on any atom is -0.344 e. The van der Waals surface area contributed by atoms with E-state index in [1.165, 1.54) is 0 Å². The molecule has 2 nitrogen and oxygen atoms in total. The Hall–Kier alpha value is -1.80. The van der Waals surface area contributed by atoms with Gasteiger partial charge in [0.15, 0.2) is 0 Å². The predicted molar refractivity (Wildman–Crippen MR) is 83.3 cm³/mol. The molecule has 1 N–H and O–H groups in total. The van der Waals surface area contributed by atoms with Crippen LogP contribution in [-0.2, 0) is 0 Å². The second kappa shape index (κ2) is 6.58. The first kappa shape index (κ1) is 14.6. The molecule has 0 saturated carbocycles. The van der Waals surface area contributed by atoms with Gasteiger partial charge < -0.3 is 5.32 Å². The Kier molecular flexibility index (Phi) is 4.80. The molecule has 0 aliphatic heterocycles. The summed E-state index contributed by atoms with van der Waals surface area (Å²) >= 11 is 5.99. The highest BCUT2D eigenvalue weighted by Crippen LogP contribution is 2.17. The van der Waals surface area contributed by atoms with Crippen molar-refractivity contribution in [1.29, 1.82) is 0 Å².